The van der Waals surface area contributed by atoms with Crippen molar-refractivity contribution in [2.24, 2.45) is 0 Å². The predicted molar refractivity (Wildman–Crippen MR) is 90.1 cm³/mol. The standard InChI is InChI=1S/C16H14ClF3N4O3/c17-12-7-13(23-14(22-12)16(18,19)20)21-10-3-1-9(2-4-10)11-8-24(15(25)26)5-6-27-11/h1-4,7,11H,5-6,8H2,(H,25,26)(H,21,22,23). The number of nitrogens with zero attached hydrogens (tertiary/aromatic N) is 3. The van der Waals surface area contributed by atoms with E-state index >= 15 is 0 Å². The van der Waals surface area contributed by atoms with Crippen LogP contribution in [-0.2, 0) is 10.9 Å². The fraction of sp³-hybridized carbons (Fsp3) is 0.312. The third-order valence-corrected chi connectivity index (χ3v) is 4.03. The van der Waals surface area contributed by atoms with Crippen LogP contribution >= 0.6 is 11.6 Å². The second kappa shape index (κ2) is 7.57. The summed E-state index contributed by atoms with van der Waals surface area (Å²) in [7, 11) is 0. The molecule has 1 aliphatic rings. The molecule has 1 aromatic carbocycles. The van der Waals surface area contributed by atoms with Gasteiger partial charge in [-0.3, -0.25) is 0 Å². The maximum atomic E-state index is 12.8. The number of hydrogen-bond acceptors (Lipinski definition) is 5. The van der Waals surface area contributed by atoms with Crippen molar-refractivity contribution >= 4 is 29.2 Å². The molecular weight excluding hydrogens is 389 g/mol. The average molecular weight is 403 g/mol. The Morgan fingerprint density at radius 1 is 1.30 bits per heavy atom. The van der Waals surface area contributed by atoms with E-state index in [0.717, 1.165) is 5.56 Å². The Morgan fingerprint density at radius 3 is 2.63 bits per heavy atom. The second-order valence-corrected chi connectivity index (χ2v) is 6.12. The first-order chi connectivity index (χ1) is 12.7. The van der Waals surface area contributed by atoms with Crippen LogP contribution in [0.2, 0.25) is 5.15 Å². The first-order valence-corrected chi connectivity index (χ1v) is 8.18. The Bertz CT molecular complexity index is 833. The third-order valence-electron chi connectivity index (χ3n) is 3.84. The van der Waals surface area contributed by atoms with Gasteiger partial charge in [-0.25, -0.2) is 14.8 Å². The van der Waals surface area contributed by atoms with Gasteiger partial charge in [0.2, 0.25) is 5.82 Å². The van der Waals surface area contributed by atoms with Crippen LogP contribution in [0.25, 0.3) is 0 Å². The molecular formula is C16H14ClF3N4O3. The highest BCUT2D eigenvalue weighted by molar-refractivity contribution is 6.29. The molecule has 144 valence electrons. The van der Waals surface area contributed by atoms with Crippen molar-refractivity contribution in [2.45, 2.75) is 12.3 Å². The van der Waals surface area contributed by atoms with E-state index in [2.05, 4.69) is 15.3 Å². The number of amides is 1. The van der Waals surface area contributed by atoms with Crippen LogP contribution in [0.15, 0.2) is 30.3 Å². The molecule has 0 radical (unpaired) electrons. The molecule has 27 heavy (non-hydrogen) atoms. The number of rotatable bonds is 3. The summed E-state index contributed by atoms with van der Waals surface area (Å²) in [4.78, 5) is 18.9. The van der Waals surface area contributed by atoms with E-state index in [4.69, 9.17) is 21.4 Å². The highest BCUT2D eigenvalue weighted by Crippen LogP contribution is 2.29. The van der Waals surface area contributed by atoms with Crippen LogP contribution in [0.5, 0.6) is 0 Å². The number of carbonyl (C=O) groups is 1. The lowest BCUT2D eigenvalue weighted by molar-refractivity contribution is -0.144. The molecule has 1 atom stereocenters. The van der Waals surface area contributed by atoms with Gasteiger partial charge in [-0.1, -0.05) is 23.7 Å². The molecule has 0 saturated carbocycles. The number of alkyl halides is 3. The van der Waals surface area contributed by atoms with Crippen molar-refractivity contribution in [1.29, 1.82) is 0 Å². The summed E-state index contributed by atoms with van der Waals surface area (Å²) in [5, 5.41) is 11.5. The van der Waals surface area contributed by atoms with E-state index in [1.807, 2.05) is 0 Å². The molecule has 2 N–H and O–H groups in total. The predicted octanol–water partition coefficient (Wildman–Crippen LogP) is 3.94. The minimum absolute atomic E-state index is 0.0963. The highest BCUT2D eigenvalue weighted by Gasteiger charge is 2.35. The Labute approximate surface area is 156 Å². The molecule has 0 aliphatic carbocycles. The monoisotopic (exact) mass is 402 g/mol. The van der Waals surface area contributed by atoms with Gasteiger partial charge in [-0.05, 0) is 17.7 Å². The van der Waals surface area contributed by atoms with Gasteiger partial charge in [0.25, 0.3) is 0 Å². The van der Waals surface area contributed by atoms with Gasteiger partial charge >= 0.3 is 12.3 Å². The molecule has 1 unspecified atom stereocenters. The maximum Gasteiger partial charge on any atom is 0.451 e. The van der Waals surface area contributed by atoms with Gasteiger partial charge in [-0.2, -0.15) is 13.2 Å². The normalized spacial score (nSPS) is 17.6. The Kier molecular flexibility index (Phi) is 5.38. The van der Waals surface area contributed by atoms with E-state index in [1.165, 1.54) is 11.0 Å². The SMILES string of the molecule is O=C(O)N1CCOC(c2ccc(Nc3cc(Cl)nc(C(F)(F)F)n3)cc2)C1. The minimum atomic E-state index is -4.71. The average Bonchev–Trinajstić information content (AvgIpc) is 2.61. The van der Waals surface area contributed by atoms with Crippen LogP contribution in [0.1, 0.15) is 17.5 Å². The number of nitrogens with one attached hydrogen (secondary N) is 1. The summed E-state index contributed by atoms with van der Waals surface area (Å²) in [5.41, 5.74) is 1.23. The number of morpholine rings is 1. The number of carboxylic acid groups (broad SMARTS) is 1. The third kappa shape index (κ3) is 4.77. The van der Waals surface area contributed by atoms with Crippen molar-refractivity contribution in [3.8, 4) is 0 Å². The van der Waals surface area contributed by atoms with Crippen molar-refractivity contribution < 1.29 is 27.8 Å². The lowest BCUT2D eigenvalue weighted by atomic mass is 10.1. The summed E-state index contributed by atoms with van der Waals surface area (Å²) in [6.07, 6.45) is -6.13. The van der Waals surface area contributed by atoms with Crippen LogP contribution in [0, 0.1) is 0 Å². The van der Waals surface area contributed by atoms with Crippen LogP contribution in [-0.4, -0.2) is 45.8 Å². The summed E-state index contributed by atoms with van der Waals surface area (Å²) < 4.78 is 43.9. The van der Waals surface area contributed by atoms with E-state index in [0.29, 0.717) is 12.2 Å². The minimum Gasteiger partial charge on any atom is -0.465 e. The molecule has 0 bridgehead atoms. The Hall–Kier alpha value is -2.59. The molecule has 1 saturated heterocycles. The van der Waals surface area contributed by atoms with Crippen molar-refractivity contribution in [3.63, 3.8) is 0 Å². The number of anilines is 2. The van der Waals surface area contributed by atoms with Gasteiger partial charge < -0.3 is 20.1 Å². The summed E-state index contributed by atoms with van der Waals surface area (Å²) >= 11 is 5.63. The molecule has 1 fully saturated rings. The molecule has 2 heterocycles. The number of halogens is 4. The molecule has 0 spiro atoms. The second-order valence-electron chi connectivity index (χ2n) is 5.73. The molecule has 2 aromatic rings. The summed E-state index contributed by atoms with van der Waals surface area (Å²) in [6, 6.07) is 7.83. The van der Waals surface area contributed by atoms with E-state index in [-0.39, 0.29) is 24.1 Å². The van der Waals surface area contributed by atoms with Gasteiger partial charge in [0.1, 0.15) is 17.1 Å². The van der Waals surface area contributed by atoms with E-state index < -0.39 is 24.2 Å². The summed E-state index contributed by atoms with van der Waals surface area (Å²) in [6.45, 7) is 0.802. The molecule has 1 aliphatic heterocycles. The van der Waals surface area contributed by atoms with Gasteiger partial charge in [0, 0.05) is 18.3 Å². The fourth-order valence-electron chi connectivity index (χ4n) is 2.56. The fourth-order valence-corrected chi connectivity index (χ4v) is 2.75. The van der Waals surface area contributed by atoms with Crippen LogP contribution in [0.3, 0.4) is 0 Å². The van der Waals surface area contributed by atoms with E-state index in [1.54, 1.807) is 24.3 Å². The first-order valence-electron chi connectivity index (χ1n) is 7.80. The van der Waals surface area contributed by atoms with Gasteiger partial charge in [-0.15, -0.1) is 0 Å². The molecule has 11 heteroatoms. The maximum absolute atomic E-state index is 12.8. The lowest BCUT2D eigenvalue weighted by Gasteiger charge is -2.31. The van der Waals surface area contributed by atoms with Gasteiger partial charge in [0.05, 0.1) is 13.2 Å². The number of hydrogen-bond donors (Lipinski definition) is 2. The zero-order chi connectivity index (χ0) is 19.6. The van der Waals surface area contributed by atoms with Gasteiger partial charge in [0.15, 0.2) is 0 Å². The number of ether oxygens (including phenoxy) is 1. The highest BCUT2D eigenvalue weighted by atomic mass is 35.5. The zero-order valence-corrected chi connectivity index (χ0v) is 14.5. The van der Waals surface area contributed by atoms with Crippen molar-refractivity contribution in [1.82, 2.24) is 14.9 Å². The lowest BCUT2D eigenvalue weighted by Crippen LogP contribution is -2.41. The van der Waals surface area contributed by atoms with Crippen molar-refractivity contribution in [2.75, 3.05) is 25.0 Å². The van der Waals surface area contributed by atoms with E-state index in [9.17, 15) is 18.0 Å². The van der Waals surface area contributed by atoms with Crippen LogP contribution in [0.4, 0.5) is 29.5 Å². The molecule has 7 nitrogen and oxygen atoms in total. The molecule has 3 rings (SSSR count). The molecule has 1 amide bonds. The van der Waals surface area contributed by atoms with Crippen LogP contribution < -0.4 is 5.32 Å². The zero-order valence-electron chi connectivity index (χ0n) is 13.7. The number of benzene rings is 1. The number of aromatic nitrogens is 2. The quantitative estimate of drug-likeness (QED) is 0.756. The van der Waals surface area contributed by atoms with Crippen molar-refractivity contribution in [3.05, 3.63) is 46.9 Å². The summed E-state index contributed by atoms with van der Waals surface area (Å²) in [5.74, 6) is -1.43. The molecule has 1 aromatic heterocycles. The first kappa shape index (κ1) is 19.2. The Balaban J connectivity index is 1.73. The topological polar surface area (TPSA) is 87.6 Å². The largest absolute Gasteiger partial charge is 0.465 e. The Morgan fingerprint density at radius 2 is 2.00 bits per heavy atom. The smallest absolute Gasteiger partial charge is 0.451 e.